The van der Waals surface area contributed by atoms with Crippen molar-refractivity contribution in [2.75, 3.05) is 26.7 Å². The van der Waals surface area contributed by atoms with Crippen molar-refractivity contribution in [1.29, 1.82) is 0 Å². The molecule has 3 atom stereocenters. The highest BCUT2D eigenvalue weighted by molar-refractivity contribution is 5.88. The summed E-state index contributed by atoms with van der Waals surface area (Å²) in [5.41, 5.74) is 4.96. The van der Waals surface area contributed by atoms with Gasteiger partial charge in [-0.1, -0.05) is 36.8 Å². The van der Waals surface area contributed by atoms with Gasteiger partial charge >= 0.3 is 5.97 Å². The van der Waals surface area contributed by atoms with Crippen LogP contribution >= 0.6 is 0 Å². The number of methoxy groups -OCH3 is 1. The van der Waals surface area contributed by atoms with E-state index in [1.807, 2.05) is 6.07 Å². The topological polar surface area (TPSA) is 45.3 Å². The van der Waals surface area contributed by atoms with Crippen LogP contribution in [-0.4, -0.2) is 42.6 Å². The zero-order valence-electron chi connectivity index (χ0n) is 15.0. The standard InChI is InChI=1S/C21H26N2O2/c1-3-14-10-15-11-18(21(24)25-2)20-17(8-9-23(12-14)13-15)16-6-4-5-7-19(16)22-20/h4-7,10,15,18,22H,3,8-9,11-13H2,1-2H3/t15-,18-/m0/s1. The number of ether oxygens (including phenoxy) is 1. The molecule has 0 aliphatic carbocycles. The molecule has 2 aliphatic heterocycles. The van der Waals surface area contributed by atoms with E-state index >= 15 is 0 Å². The molecule has 1 aromatic heterocycles. The Morgan fingerprint density at radius 2 is 2.20 bits per heavy atom. The van der Waals surface area contributed by atoms with Gasteiger partial charge < -0.3 is 9.72 Å². The number of esters is 1. The number of hydrogen-bond donors (Lipinski definition) is 1. The molecule has 1 aromatic carbocycles. The lowest BCUT2D eigenvalue weighted by Crippen LogP contribution is -2.36. The zero-order chi connectivity index (χ0) is 17.4. The molecule has 25 heavy (non-hydrogen) atoms. The van der Waals surface area contributed by atoms with Gasteiger partial charge in [0.15, 0.2) is 0 Å². The molecule has 4 rings (SSSR count). The molecule has 2 bridgehead atoms. The van der Waals surface area contributed by atoms with Gasteiger partial charge in [0.05, 0.1) is 13.0 Å². The molecule has 1 unspecified atom stereocenters. The maximum Gasteiger partial charge on any atom is 0.314 e. The average Bonchev–Trinajstić information content (AvgIpc) is 3.02. The fourth-order valence-corrected chi connectivity index (χ4v) is 4.50. The van der Waals surface area contributed by atoms with Gasteiger partial charge in [0.2, 0.25) is 0 Å². The van der Waals surface area contributed by atoms with Crippen molar-refractivity contribution in [3.05, 3.63) is 47.2 Å². The zero-order valence-corrected chi connectivity index (χ0v) is 15.0. The molecule has 2 aliphatic rings. The van der Waals surface area contributed by atoms with Crippen molar-refractivity contribution in [2.24, 2.45) is 5.92 Å². The van der Waals surface area contributed by atoms with E-state index in [2.05, 4.69) is 41.1 Å². The van der Waals surface area contributed by atoms with Crippen molar-refractivity contribution < 1.29 is 9.53 Å². The molecular formula is C21H26N2O2. The fraction of sp³-hybridized carbons (Fsp3) is 0.476. The third kappa shape index (κ3) is 2.99. The van der Waals surface area contributed by atoms with Crippen LogP contribution in [0, 0.1) is 5.92 Å². The minimum atomic E-state index is -0.218. The summed E-state index contributed by atoms with van der Waals surface area (Å²) in [5.74, 6) is 0.0632. The second-order valence-corrected chi connectivity index (χ2v) is 7.30. The van der Waals surface area contributed by atoms with Crippen molar-refractivity contribution >= 4 is 16.9 Å². The second kappa shape index (κ2) is 6.68. The van der Waals surface area contributed by atoms with E-state index in [9.17, 15) is 4.79 Å². The molecule has 0 fully saturated rings. The summed E-state index contributed by atoms with van der Waals surface area (Å²) in [7, 11) is 1.50. The van der Waals surface area contributed by atoms with Gasteiger partial charge in [0.25, 0.3) is 0 Å². The summed E-state index contributed by atoms with van der Waals surface area (Å²) >= 11 is 0. The number of nitrogens with zero attached hydrogens (tertiary/aromatic N) is 1. The molecule has 1 N–H and O–H groups in total. The van der Waals surface area contributed by atoms with Gasteiger partial charge in [-0.2, -0.15) is 0 Å². The number of rotatable bonds is 2. The van der Waals surface area contributed by atoms with Crippen LogP contribution in [0.1, 0.15) is 36.9 Å². The Morgan fingerprint density at radius 3 is 3.00 bits per heavy atom. The highest BCUT2D eigenvalue weighted by Gasteiger charge is 2.33. The summed E-state index contributed by atoms with van der Waals surface area (Å²) < 4.78 is 5.18. The Bertz CT molecular complexity index is 820. The molecule has 4 nitrogen and oxygen atoms in total. The average molecular weight is 338 g/mol. The Balaban J connectivity index is 1.82. The molecule has 0 radical (unpaired) electrons. The fourth-order valence-electron chi connectivity index (χ4n) is 4.50. The highest BCUT2D eigenvalue weighted by atomic mass is 16.5. The minimum Gasteiger partial charge on any atom is -0.469 e. The van der Waals surface area contributed by atoms with Gasteiger partial charge in [0.1, 0.15) is 0 Å². The maximum atomic E-state index is 12.6. The minimum absolute atomic E-state index is 0.127. The lowest BCUT2D eigenvalue weighted by atomic mass is 9.87. The number of hydrogen-bond acceptors (Lipinski definition) is 3. The summed E-state index contributed by atoms with van der Waals surface area (Å²) in [6.07, 6.45) is 5.27. The molecule has 132 valence electrons. The Kier molecular flexibility index (Phi) is 4.38. The molecule has 0 saturated heterocycles. The van der Waals surface area contributed by atoms with Crippen LogP contribution < -0.4 is 0 Å². The number of aromatic amines is 1. The van der Waals surface area contributed by atoms with Gasteiger partial charge in [-0.25, -0.2) is 0 Å². The lowest BCUT2D eigenvalue weighted by Gasteiger charge is -2.32. The number of nitrogens with one attached hydrogen (secondary N) is 1. The van der Waals surface area contributed by atoms with E-state index in [4.69, 9.17) is 4.74 Å². The molecule has 3 heterocycles. The number of H-pyrrole nitrogens is 1. The lowest BCUT2D eigenvalue weighted by molar-refractivity contribution is -0.142. The van der Waals surface area contributed by atoms with E-state index in [0.29, 0.717) is 5.92 Å². The van der Waals surface area contributed by atoms with E-state index in [-0.39, 0.29) is 11.9 Å². The molecule has 4 heteroatoms. The van der Waals surface area contributed by atoms with Crippen molar-refractivity contribution in [1.82, 2.24) is 9.88 Å². The van der Waals surface area contributed by atoms with Crippen LogP contribution in [0.15, 0.2) is 35.9 Å². The molecule has 0 spiro atoms. The van der Waals surface area contributed by atoms with Gasteiger partial charge in [-0.05, 0) is 36.8 Å². The largest absolute Gasteiger partial charge is 0.469 e. The number of fused-ring (bicyclic) bond motifs is 5. The van der Waals surface area contributed by atoms with Crippen molar-refractivity contribution in [3.8, 4) is 0 Å². The number of aromatic nitrogens is 1. The van der Waals surface area contributed by atoms with Crippen LogP contribution in [0.2, 0.25) is 0 Å². The first-order chi connectivity index (χ1) is 12.2. The second-order valence-electron chi connectivity index (χ2n) is 7.30. The van der Waals surface area contributed by atoms with E-state index in [1.165, 1.54) is 23.6 Å². The van der Waals surface area contributed by atoms with Crippen LogP contribution in [0.25, 0.3) is 10.9 Å². The van der Waals surface area contributed by atoms with Gasteiger partial charge in [-0.15, -0.1) is 0 Å². The predicted octanol–water partition coefficient (Wildman–Crippen LogP) is 3.64. The first-order valence-corrected chi connectivity index (χ1v) is 9.28. The van der Waals surface area contributed by atoms with E-state index in [1.54, 1.807) is 0 Å². The third-order valence-corrected chi connectivity index (χ3v) is 5.74. The van der Waals surface area contributed by atoms with Crippen LogP contribution in [0.3, 0.4) is 0 Å². The van der Waals surface area contributed by atoms with E-state index in [0.717, 1.165) is 50.1 Å². The Hall–Kier alpha value is -2.07. The quantitative estimate of drug-likeness (QED) is 0.672. The highest BCUT2D eigenvalue weighted by Crippen LogP contribution is 2.36. The molecule has 0 amide bonds. The number of para-hydroxylation sites is 1. The first kappa shape index (κ1) is 16.4. The van der Waals surface area contributed by atoms with Crippen molar-refractivity contribution in [3.63, 3.8) is 0 Å². The molecule has 0 saturated carbocycles. The number of carbonyl (C=O) groups is 1. The molecular weight excluding hydrogens is 312 g/mol. The van der Waals surface area contributed by atoms with Crippen LogP contribution in [-0.2, 0) is 16.0 Å². The Morgan fingerprint density at radius 1 is 1.36 bits per heavy atom. The van der Waals surface area contributed by atoms with Crippen molar-refractivity contribution in [2.45, 2.75) is 32.1 Å². The predicted molar refractivity (Wildman–Crippen MR) is 99.7 cm³/mol. The monoisotopic (exact) mass is 338 g/mol. The smallest absolute Gasteiger partial charge is 0.314 e. The SMILES string of the molecule is CCC1=C[C@H]2C[C@H](C(=O)OC)c3[nH]c4ccccc4c3CCN(C1)C2. The summed E-state index contributed by atoms with van der Waals surface area (Å²) in [6, 6.07) is 8.37. The molecule has 2 aromatic rings. The van der Waals surface area contributed by atoms with Gasteiger partial charge in [-0.3, -0.25) is 9.69 Å². The third-order valence-electron chi connectivity index (χ3n) is 5.74. The maximum absolute atomic E-state index is 12.6. The Labute approximate surface area is 148 Å². The number of carbonyl (C=O) groups excluding carboxylic acids is 1. The first-order valence-electron chi connectivity index (χ1n) is 9.28. The van der Waals surface area contributed by atoms with E-state index < -0.39 is 0 Å². The normalized spacial score (nSPS) is 26.2. The van der Waals surface area contributed by atoms with Crippen LogP contribution in [0.5, 0.6) is 0 Å². The number of benzene rings is 1. The van der Waals surface area contributed by atoms with Crippen LogP contribution in [0.4, 0.5) is 0 Å². The summed E-state index contributed by atoms with van der Waals surface area (Å²) in [4.78, 5) is 18.7. The van der Waals surface area contributed by atoms with Gasteiger partial charge in [0, 0.05) is 36.2 Å². The summed E-state index contributed by atoms with van der Waals surface area (Å²) in [6.45, 7) is 5.36. The summed E-state index contributed by atoms with van der Waals surface area (Å²) in [5, 5.41) is 1.24.